The van der Waals surface area contributed by atoms with Gasteiger partial charge in [-0.05, 0) is 19.9 Å². The minimum absolute atomic E-state index is 0.365. The van der Waals surface area contributed by atoms with Crippen molar-refractivity contribution < 1.29 is 4.74 Å². The minimum Gasteiger partial charge on any atom is -0.382 e. The van der Waals surface area contributed by atoms with E-state index in [0.29, 0.717) is 13.1 Å². The van der Waals surface area contributed by atoms with Crippen molar-refractivity contribution in [3.8, 4) is 0 Å². The molecule has 0 aliphatic carbocycles. The second-order valence-electron chi connectivity index (χ2n) is 3.60. The predicted molar refractivity (Wildman–Crippen MR) is 65.3 cm³/mol. The molecular formula is C11H19N3O3. The number of nitrogens with zero attached hydrogens (tertiary/aromatic N) is 1. The fraction of sp³-hybridized carbons (Fsp3) is 0.636. The molecule has 0 saturated heterocycles. The molecule has 0 radical (unpaired) electrons. The molecule has 0 saturated carbocycles. The Bertz CT molecular complexity index is 424. The number of aromatic nitrogens is 2. The van der Waals surface area contributed by atoms with E-state index < -0.39 is 0 Å². The normalized spacial score (nSPS) is 10.6. The van der Waals surface area contributed by atoms with E-state index in [1.165, 1.54) is 16.8 Å². The van der Waals surface area contributed by atoms with E-state index in [4.69, 9.17) is 4.74 Å². The van der Waals surface area contributed by atoms with Crippen LogP contribution < -0.4 is 16.6 Å². The summed E-state index contributed by atoms with van der Waals surface area (Å²) in [6.45, 7) is 5.56. The largest absolute Gasteiger partial charge is 0.382 e. The number of nitrogens with one attached hydrogen (secondary N) is 2. The van der Waals surface area contributed by atoms with Crippen molar-refractivity contribution in [1.29, 1.82) is 0 Å². The molecule has 1 aromatic rings. The molecule has 1 rings (SSSR count). The Morgan fingerprint density at radius 3 is 2.94 bits per heavy atom. The number of ether oxygens (including phenoxy) is 1. The number of hydrogen-bond donors (Lipinski definition) is 2. The van der Waals surface area contributed by atoms with Gasteiger partial charge in [0.25, 0.3) is 5.56 Å². The van der Waals surface area contributed by atoms with Crippen molar-refractivity contribution in [3.05, 3.63) is 33.1 Å². The van der Waals surface area contributed by atoms with Crippen molar-refractivity contribution in [1.82, 2.24) is 14.9 Å². The highest BCUT2D eigenvalue weighted by Crippen LogP contribution is 1.80. The Morgan fingerprint density at radius 2 is 2.24 bits per heavy atom. The van der Waals surface area contributed by atoms with Crippen LogP contribution in [0.3, 0.4) is 0 Å². The number of rotatable bonds is 8. The summed E-state index contributed by atoms with van der Waals surface area (Å²) in [6.07, 6.45) is 2.46. The highest BCUT2D eigenvalue weighted by Gasteiger charge is 1.95. The second kappa shape index (κ2) is 7.81. The van der Waals surface area contributed by atoms with Gasteiger partial charge in [-0.25, -0.2) is 4.79 Å². The third-order valence-corrected chi connectivity index (χ3v) is 2.27. The summed E-state index contributed by atoms with van der Waals surface area (Å²) >= 11 is 0. The smallest absolute Gasteiger partial charge is 0.328 e. The Labute approximate surface area is 99.6 Å². The molecule has 2 N–H and O–H groups in total. The quantitative estimate of drug-likeness (QED) is 0.605. The van der Waals surface area contributed by atoms with Crippen LogP contribution in [0, 0.1) is 0 Å². The van der Waals surface area contributed by atoms with Gasteiger partial charge in [0.1, 0.15) is 0 Å². The van der Waals surface area contributed by atoms with Crippen LogP contribution in [-0.4, -0.2) is 35.9 Å². The van der Waals surface area contributed by atoms with Crippen molar-refractivity contribution in [2.24, 2.45) is 0 Å². The van der Waals surface area contributed by atoms with Crippen LogP contribution in [0.15, 0.2) is 21.9 Å². The summed E-state index contributed by atoms with van der Waals surface area (Å²) in [5.74, 6) is 0. The van der Waals surface area contributed by atoms with E-state index in [-0.39, 0.29) is 11.2 Å². The molecule has 6 nitrogen and oxygen atoms in total. The summed E-state index contributed by atoms with van der Waals surface area (Å²) in [5.41, 5.74) is -0.732. The van der Waals surface area contributed by atoms with Gasteiger partial charge in [0.15, 0.2) is 0 Å². The number of hydrogen-bond acceptors (Lipinski definition) is 4. The lowest BCUT2D eigenvalue weighted by Gasteiger charge is -2.06. The summed E-state index contributed by atoms with van der Waals surface area (Å²) < 4.78 is 6.66. The first-order chi connectivity index (χ1) is 8.24. The van der Waals surface area contributed by atoms with E-state index in [1.807, 2.05) is 6.92 Å². The molecule has 0 aliphatic rings. The lowest BCUT2D eigenvalue weighted by atomic mass is 10.4. The average Bonchev–Trinajstić information content (AvgIpc) is 2.30. The zero-order chi connectivity index (χ0) is 12.5. The van der Waals surface area contributed by atoms with Crippen LogP contribution in [0.2, 0.25) is 0 Å². The van der Waals surface area contributed by atoms with Crippen molar-refractivity contribution in [2.45, 2.75) is 19.9 Å². The molecule has 0 unspecified atom stereocenters. The molecule has 1 heterocycles. The first-order valence-electron chi connectivity index (χ1n) is 5.82. The van der Waals surface area contributed by atoms with Gasteiger partial charge in [-0.1, -0.05) is 0 Å². The molecule has 0 atom stereocenters. The van der Waals surface area contributed by atoms with Gasteiger partial charge in [-0.3, -0.25) is 14.3 Å². The fourth-order valence-electron chi connectivity index (χ4n) is 1.39. The number of H-pyrrole nitrogens is 1. The third-order valence-electron chi connectivity index (χ3n) is 2.27. The maximum Gasteiger partial charge on any atom is 0.328 e. The van der Waals surface area contributed by atoms with Gasteiger partial charge in [0, 0.05) is 38.6 Å². The van der Waals surface area contributed by atoms with Crippen molar-refractivity contribution in [2.75, 3.05) is 26.3 Å². The molecule has 0 aromatic carbocycles. The van der Waals surface area contributed by atoms with Crippen LogP contribution in [0.25, 0.3) is 0 Å². The molecule has 1 aromatic heterocycles. The molecular weight excluding hydrogens is 222 g/mol. The molecule has 17 heavy (non-hydrogen) atoms. The summed E-state index contributed by atoms with van der Waals surface area (Å²) in [7, 11) is 0. The topological polar surface area (TPSA) is 76.1 Å². The SMILES string of the molecule is CCOCCCNCCn1ccc(=O)[nH]c1=O. The maximum atomic E-state index is 11.3. The van der Waals surface area contributed by atoms with Gasteiger partial charge >= 0.3 is 5.69 Å². The molecule has 0 bridgehead atoms. The standard InChI is InChI=1S/C11H19N3O3/c1-2-17-9-3-5-12-6-8-14-7-4-10(15)13-11(14)16/h4,7,12H,2-3,5-6,8-9H2,1H3,(H,13,15,16). The molecule has 0 amide bonds. The van der Waals surface area contributed by atoms with Crippen molar-refractivity contribution in [3.63, 3.8) is 0 Å². The van der Waals surface area contributed by atoms with Gasteiger partial charge in [0.05, 0.1) is 0 Å². The Hall–Kier alpha value is -1.40. The van der Waals surface area contributed by atoms with Crippen LogP contribution >= 0.6 is 0 Å². The predicted octanol–water partition coefficient (Wildman–Crippen LogP) is -0.447. The van der Waals surface area contributed by atoms with Crippen LogP contribution in [-0.2, 0) is 11.3 Å². The van der Waals surface area contributed by atoms with Gasteiger partial charge < -0.3 is 10.1 Å². The Morgan fingerprint density at radius 1 is 1.41 bits per heavy atom. The second-order valence-corrected chi connectivity index (χ2v) is 3.60. The number of aromatic amines is 1. The van der Waals surface area contributed by atoms with E-state index in [9.17, 15) is 9.59 Å². The monoisotopic (exact) mass is 241 g/mol. The highest BCUT2D eigenvalue weighted by atomic mass is 16.5. The first kappa shape index (κ1) is 13.7. The van der Waals surface area contributed by atoms with Crippen LogP contribution in [0.4, 0.5) is 0 Å². The minimum atomic E-state index is -0.367. The van der Waals surface area contributed by atoms with Crippen LogP contribution in [0.1, 0.15) is 13.3 Å². The van der Waals surface area contributed by atoms with E-state index in [2.05, 4.69) is 10.3 Å². The van der Waals surface area contributed by atoms with Gasteiger partial charge in [0.2, 0.25) is 0 Å². The van der Waals surface area contributed by atoms with E-state index >= 15 is 0 Å². The maximum absolute atomic E-state index is 11.3. The van der Waals surface area contributed by atoms with E-state index in [1.54, 1.807) is 0 Å². The zero-order valence-electron chi connectivity index (χ0n) is 10.1. The molecule has 0 spiro atoms. The molecule has 96 valence electrons. The third kappa shape index (κ3) is 5.46. The molecule has 0 aliphatic heterocycles. The zero-order valence-corrected chi connectivity index (χ0v) is 10.1. The Balaban J connectivity index is 2.18. The lowest BCUT2D eigenvalue weighted by Crippen LogP contribution is -2.32. The van der Waals surface area contributed by atoms with Crippen LogP contribution in [0.5, 0.6) is 0 Å². The van der Waals surface area contributed by atoms with Gasteiger partial charge in [-0.2, -0.15) is 0 Å². The van der Waals surface area contributed by atoms with Gasteiger partial charge in [-0.15, -0.1) is 0 Å². The summed E-state index contributed by atoms with van der Waals surface area (Å²) in [6, 6.07) is 1.34. The Kier molecular flexibility index (Phi) is 6.27. The van der Waals surface area contributed by atoms with E-state index in [0.717, 1.165) is 26.2 Å². The highest BCUT2D eigenvalue weighted by molar-refractivity contribution is 4.82. The molecule has 6 heteroatoms. The average molecular weight is 241 g/mol. The first-order valence-corrected chi connectivity index (χ1v) is 5.82. The summed E-state index contributed by atoms with van der Waals surface area (Å²) in [4.78, 5) is 24.3. The fourth-order valence-corrected chi connectivity index (χ4v) is 1.39. The molecule has 0 fully saturated rings. The van der Waals surface area contributed by atoms with Crippen molar-refractivity contribution >= 4 is 0 Å². The lowest BCUT2D eigenvalue weighted by molar-refractivity contribution is 0.145. The summed E-state index contributed by atoms with van der Waals surface area (Å²) in [5, 5.41) is 3.20.